The lowest BCUT2D eigenvalue weighted by atomic mass is 9.97. The topological polar surface area (TPSA) is 106 Å². The Labute approximate surface area is 112 Å². The van der Waals surface area contributed by atoms with Crippen molar-refractivity contribution in [1.82, 2.24) is 20.3 Å². The number of hydrogen-bond donors (Lipinski definition) is 3. The van der Waals surface area contributed by atoms with Crippen LogP contribution in [0.25, 0.3) is 0 Å². The van der Waals surface area contributed by atoms with Crippen LogP contribution in [0.15, 0.2) is 6.20 Å². The van der Waals surface area contributed by atoms with E-state index < -0.39 is 0 Å². The summed E-state index contributed by atoms with van der Waals surface area (Å²) in [6.07, 6.45) is 4.83. The number of amides is 1. The number of nitrogens with zero attached hydrogens (tertiary/aromatic N) is 3. The predicted octanol–water partition coefficient (Wildman–Crippen LogP) is -0.625. The summed E-state index contributed by atoms with van der Waals surface area (Å²) in [6.45, 7) is 1.81. The third kappa shape index (κ3) is 3.51. The van der Waals surface area contributed by atoms with Gasteiger partial charge in [0.2, 0.25) is 0 Å². The average Bonchev–Trinajstić information content (AvgIpc) is 3.04. The quantitative estimate of drug-likeness (QED) is 0.636. The van der Waals surface area contributed by atoms with Gasteiger partial charge in [0.25, 0.3) is 5.91 Å². The Morgan fingerprint density at radius 3 is 3.05 bits per heavy atom. The highest BCUT2D eigenvalue weighted by atomic mass is 16.3. The van der Waals surface area contributed by atoms with Crippen molar-refractivity contribution in [2.24, 2.45) is 17.6 Å². The van der Waals surface area contributed by atoms with Crippen LogP contribution in [-0.2, 0) is 6.54 Å². The Bertz CT molecular complexity index is 420. The van der Waals surface area contributed by atoms with Crippen molar-refractivity contribution in [3.8, 4) is 0 Å². The molecule has 4 N–H and O–H groups in total. The number of carbonyl (C=O) groups is 1. The molecule has 2 unspecified atom stereocenters. The third-order valence-electron chi connectivity index (χ3n) is 3.71. The Morgan fingerprint density at radius 2 is 2.32 bits per heavy atom. The minimum atomic E-state index is -0.216. The van der Waals surface area contributed by atoms with E-state index in [1.807, 2.05) is 0 Å². The Kier molecular flexibility index (Phi) is 4.86. The number of aliphatic hydroxyl groups excluding tert-OH is 1. The summed E-state index contributed by atoms with van der Waals surface area (Å²) in [7, 11) is 0. The van der Waals surface area contributed by atoms with E-state index in [0.717, 1.165) is 19.3 Å². The molecule has 2 rings (SSSR count). The molecule has 0 aliphatic heterocycles. The SMILES string of the molecule is NCCn1cc(C(=O)NCC2CCCC2CO)nn1. The molecule has 19 heavy (non-hydrogen) atoms. The fourth-order valence-corrected chi connectivity index (χ4v) is 2.58. The largest absolute Gasteiger partial charge is 0.396 e. The van der Waals surface area contributed by atoms with Crippen LogP contribution in [0.3, 0.4) is 0 Å². The fraction of sp³-hybridized carbons (Fsp3) is 0.750. The van der Waals surface area contributed by atoms with Crippen LogP contribution in [0, 0.1) is 11.8 Å². The van der Waals surface area contributed by atoms with Crippen molar-refractivity contribution < 1.29 is 9.90 Å². The zero-order chi connectivity index (χ0) is 13.7. The maximum Gasteiger partial charge on any atom is 0.273 e. The second kappa shape index (κ2) is 6.63. The number of hydrogen-bond acceptors (Lipinski definition) is 5. The van der Waals surface area contributed by atoms with E-state index in [-0.39, 0.29) is 12.5 Å². The Balaban J connectivity index is 1.83. The van der Waals surface area contributed by atoms with E-state index in [4.69, 9.17) is 5.73 Å². The van der Waals surface area contributed by atoms with E-state index in [2.05, 4.69) is 15.6 Å². The number of rotatable bonds is 6. The summed E-state index contributed by atoms with van der Waals surface area (Å²) in [5.74, 6) is 0.466. The molecule has 0 saturated heterocycles. The van der Waals surface area contributed by atoms with Crippen LogP contribution in [-0.4, -0.2) is 45.7 Å². The van der Waals surface area contributed by atoms with Crippen molar-refractivity contribution in [3.05, 3.63) is 11.9 Å². The van der Waals surface area contributed by atoms with Gasteiger partial charge >= 0.3 is 0 Å². The van der Waals surface area contributed by atoms with Crippen molar-refractivity contribution in [2.45, 2.75) is 25.8 Å². The number of carbonyl (C=O) groups excluding carboxylic acids is 1. The lowest BCUT2D eigenvalue weighted by molar-refractivity contribution is 0.0932. The third-order valence-corrected chi connectivity index (χ3v) is 3.71. The summed E-state index contributed by atoms with van der Waals surface area (Å²) < 4.78 is 1.56. The van der Waals surface area contributed by atoms with E-state index in [9.17, 15) is 9.90 Å². The summed E-state index contributed by atoms with van der Waals surface area (Å²) in [6, 6.07) is 0. The summed E-state index contributed by atoms with van der Waals surface area (Å²) >= 11 is 0. The first kappa shape index (κ1) is 14.0. The molecule has 0 radical (unpaired) electrons. The zero-order valence-electron chi connectivity index (χ0n) is 11.0. The van der Waals surface area contributed by atoms with Gasteiger partial charge in [-0.05, 0) is 24.7 Å². The number of nitrogens with one attached hydrogen (secondary N) is 1. The van der Waals surface area contributed by atoms with Gasteiger partial charge in [-0.15, -0.1) is 5.10 Å². The second-order valence-electron chi connectivity index (χ2n) is 5.00. The molecule has 2 atom stereocenters. The molecule has 1 aliphatic rings. The average molecular weight is 267 g/mol. The van der Waals surface area contributed by atoms with Gasteiger partial charge in [-0.2, -0.15) is 0 Å². The number of nitrogens with two attached hydrogens (primary N) is 1. The molecule has 1 saturated carbocycles. The molecule has 0 bridgehead atoms. The molecule has 1 aliphatic carbocycles. The van der Waals surface area contributed by atoms with Gasteiger partial charge in [-0.3, -0.25) is 9.48 Å². The first-order chi connectivity index (χ1) is 9.24. The maximum atomic E-state index is 11.9. The summed E-state index contributed by atoms with van der Waals surface area (Å²) in [5.41, 5.74) is 5.72. The van der Waals surface area contributed by atoms with Crippen LogP contribution in [0.5, 0.6) is 0 Å². The smallest absolute Gasteiger partial charge is 0.273 e. The van der Waals surface area contributed by atoms with Gasteiger partial charge in [0, 0.05) is 19.7 Å². The highest BCUT2D eigenvalue weighted by molar-refractivity contribution is 5.91. The molecule has 1 fully saturated rings. The van der Waals surface area contributed by atoms with Gasteiger partial charge in [0.05, 0.1) is 12.7 Å². The second-order valence-corrected chi connectivity index (χ2v) is 5.00. The first-order valence-corrected chi connectivity index (χ1v) is 6.74. The van der Waals surface area contributed by atoms with Crippen molar-refractivity contribution in [3.63, 3.8) is 0 Å². The molecule has 7 heteroatoms. The molecule has 7 nitrogen and oxygen atoms in total. The first-order valence-electron chi connectivity index (χ1n) is 6.74. The predicted molar refractivity (Wildman–Crippen MR) is 69.3 cm³/mol. The van der Waals surface area contributed by atoms with Gasteiger partial charge in [-0.1, -0.05) is 11.6 Å². The van der Waals surface area contributed by atoms with Gasteiger partial charge < -0.3 is 16.2 Å². The van der Waals surface area contributed by atoms with Crippen LogP contribution >= 0.6 is 0 Å². The van der Waals surface area contributed by atoms with E-state index in [0.29, 0.717) is 37.2 Å². The number of aromatic nitrogens is 3. The standard InChI is InChI=1S/C12H21N5O2/c13-4-5-17-7-11(15-16-17)12(19)14-6-9-2-1-3-10(9)8-18/h7,9-10,18H,1-6,8,13H2,(H,14,19). The maximum absolute atomic E-state index is 11.9. The lowest BCUT2D eigenvalue weighted by Crippen LogP contribution is -2.31. The van der Waals surface area contributed by atoms with Crippen molar-refractivity contribution in [1.29, 1.82) is 0 Å². The molecule has 1 heterocycles. The van der Waals surface area contributed by atoms with Crippen LogP contribution in [0.4, 0.5) is 0 Å². The molecule has 1 aromatic rings. The van der Waals surface area contributed by atoms with Crippen molar-refractivity contribution >= 4 is 5.91 Å². The molecular weight excluding hydrogens is 246 g/mol. The van der Waals surface area contributed by atoms with Gasteiger partial charge in [-0.25, -0.2) is 0 Å². The highest BCUT2D eigenvalue weighted by Crippen LogP contribution is 2.30. The van der Waals surface area contributed by atoms with Crippen molar-refractivity contribution in [2.75, 3.05) is 19.7 Å². The van der Waals surface area contributed by atoms with E-state index >= 15 is 0 Å². The molecular formula is C12H21N5O2. The molecule has 106 valence electrons. The van der Waals surface area contributed by atoms with Crippen LogP contribution in [0.1, 0.15) is 29.8 Å². The summed E-state index contributed by atoms with van der Waals surface area (Å²) in [5, 5.41) is 19.7. The molecule has 0 spiro atoms. The zero-order valence-corrected chi connectivity index (χ0v) is 11.0. The van der Waals surface area contributed by atoms with Gasteiger partial charge in [0.15, 0.2) is 5.69 Å². The summed E-state index contributed by atoms with van der Waals surface area (Å²) in [4.78, 5) is 11.9. The minimum absolute atomic E-state index is 0.202. The Hall–Kier alpha value is -1.47. The highest BCUT2D eigenvalue weighted by Gasteiger charge is 2.27. The molecule has 1 aromatic heterocycles. The monoisotopic (exact) mass is 267 g/mol. The molecule has 0 aromatic carbocycles. The normalized spacial score (nSPS) is 22.6. The van der Waals surface area contributed by atoms with Crippen LogP contribution < -0.4 is 11.1 Å². The Morgan fingerprint density at radius 1 is 1.53 bits per heavy atom. The molecule has 1 amide bonds. The van der Waals surface area contributed by atoms with Gasteiger partial charge in [0.1, 0.15) is 0 Å². The lowest BCUT2D eigenvalue weighted by Gasteiger charge is -2.17. The fourth-order valence-electron chi connectivity index (χ4n) is 2.58. The number of aliphatic hydroxyl groups is 1. The minimum Gasteiger partial charge on any atom is -0.396 e. The van der Waals surface area contributed by atoms with E-state index in [1.54, 1.807) is 10.9 Å². The van der Waals surface area contributed by atoms with Crippen LogP contribution in [0.2, 0.25) is 0 Å². The van der Waals surface area contributed by atoms with E-state index in [1.165, 1.54) is 0 Å².